The molecule has 6 rings (SSSR count). The van der Waals surface area contributed by atoms with Gasteiger partial charge in [0.15, 0.2) is 5.65 Å². The van der Waals surface area contributed by atoms with Gasteiger partial charge in [0, 0.05) is 22.6 Å². The van der Waals surface area contributed by atoms with Crippen LogP contribution in [0.25, 0.3) is 11.2 Å². The van der Waals surface area contributed by atoms with E-state index in [0.717, 1.165) is 51.8 Å². The Balaban J connectivity index is 1.57. The fourth-order valence-electron chi connectivity index (χ4n) is 6.02. The van der Waals surface area contributed by atoms with Gasteiger partial charge in [0.05, 0.1) is 24.0 Å². The van der Waals surface area contributed by atoms with Crippen LogP contribution >= 0.6 is 23.2 Å². The first kappa shape index (κ1) is 20.7. The van der Waals surface area contributed by atoms with E-state index in [1.165, 1.54) is 25.9 Å². The maximum atomic E-state index is 6.85. The average molecular weight is 471 g/mol. The van der Waals surface area contributed by atoms with Crippen molar-refractivity contribution >= 4 is 40.2 Å². The summed E-state index contributed by atoms with van der Waals surface area (Å²) in [5.74, 6) is 1.43. The van der Waals surface area contributed by atoms with Gasteiger partial charge in [0.2, 0.25) is 0 Å². The molecule has 2 aromatic heterocycles. The van der Waals surface area contributed by atoms with Crippen LogP contribution in [0.5, 0.6) is 0 Å². The lowest BCUT2D eigenvalue weighted by Crippen LogP contribution is -2.51. The fourth-order valence-corrected chi connectivity index (χ4v) is 6.69. The van der Waals surface area contributed by atoms with Crippen LogP contribution in [0.1, 0.15) is 62.0 Å². The Morgan fingerprint density at radius 2 is 1.78 bits per heavy atom. The zero-order chi connectivity index (χ0) is 22.1. The van der Waals surface area contributed by atoms with Crippen LogP contribution in [-0.4, -0.2) is 50.3 Å². The third kappa shape index (κ3) is 3.06. The number of aromatic nitrogens is 4. The van der Waals surface area contributed by atoms with Crippen molar-refractivity contribution in [1.82, 2.24) is 24.6 Å². The standard InChI is InChI=1S/C24H28Cl2N6/c1-13-12-31-21(10-20(13)30-6-4-5-7-30)17-8-16(18(25)9-19(17)26)15(3)32-24-23(14(2)29-32)27-11-22(31)28-24/h8-9,11,13,15,20-21H,4-7,10,12H2,1-3H3/t13?,15-,20?,21-/m1/s1. The molecule has 32 heavy (non-hydrogen) atoms. The largest absolute Gasteiger partial charge is 0.348 e. The molecule has 0 spiro atoms. The van der Waals surface area contributed by atoms with Crippen LogP contribution in [0, 0.1) is 12.8 Å². The Morgan fingerprint density at radius 3 is 2.56 bits per heavy atom. The number of nitrogens with zero attached hydrogens (tertiary/aromatic N) is 6. The normalized spacial score (nSPS) is 27.8. The average Bonchev–Trinajstić information content (AvgIpc) is 3.41. The number of piperidine rings is 1. The molecule has 4 atom stereocenters. The quantitative estimate of drug-likeness (QED) is 0.475. The van der Waals surface area contributed by atoms with Crippen LogP contribution in [0.15, 0.2) is 18.3 Å². The van der Waals surface area contributed by atoms with E-state index in [1.54, 1.807) is 0 Å². The molecular weight excluding hydrogens is 443 g/mol. The molecule has 2 saturated heterocycles. The molecule has 0 radical (unpaired) electrons. The van der Waals surface area contributed by atoms with E-state index in [2.05, 4.69) is 29.7 Å². The van der Waals surface area contributed by atoms with Gasteiger partial charge < -0.3 is 4.90 Å². The number of halogens is 2. The summed E-state index contributed by atoms with van der Waals surface area (Å²) in [6.45, 7) is 9.79. The zero-order valence-corrected chi connectivity index (χ0v) is 20.2. The lowest BCUT2D eigenvalue weighted by molar-refractivity contribution is 0.139. The summed E-state index contributed by atoms with van der Waals surface area (Å²) in [6.07, 6.45) is 5.53. The van der Waals surface area contributed by atoms with Crippen LogP contribution in [0.2, 0.25) is 10.0 Å². The lowest BCUT2D eigenvalue weighted by Gasteiger charge is -2.47. The Labute approximate surface area is 198 Å². The third-order valence-electron chi connectivity index (χ3n) is 7.74. The molecule has 2 fully saturated rings. The van der Waals surface area contributed by atoms with Crippen molar-refractivity contribution in [3.05, 3.63) is 45.2 Å². The van der Waals surface area contributed by atoms with Gasteiger partial charge in [-0.15, -0.1) is 0 Å². The van der Waals surface area contributed by atoms with Crippen molar-refractivity contribution < 1.29 is 0 Å². The second-order valence-corrected chi connectivity index (χ2v) is 10.5. The van der Waals surface area contributed by atoms with Crippen molar-refractivity contribution in [3.63, 3.8) is 0 Å². The molecule has 0 N–H and O–H groups in total. The third-order valence-corrected chi connectivity index (χ3v) is 8.39. The van der Waals surface area contributed by atoms with E-state index in [-0.39, 0.29) is 12.1 Å². The molecule has 4 bridgehead atoms. The molecule has 6 nitrogen and oxygen atoms in total. The molecule has 3 aliphatic rings. The van der Waals surface area contributed by atoms with Crippen molar-refractivity contribution in [3.8, 4) is 0 Å². The fraction of sp³-hybridized carbons (Fsp3) is 0.542. The van der Waals surface area contributed by atoms with E-state index < -0.39 is 0 Å². The highest BCUT2D eigenvalue weighted by atomic mass is 35.5. The number of aryl methyl sites for hydroxylation is 1. The summed E-state index contributed by atoms with van der Waals surface area (Å²) in [6, 6.07) is 4.74. The number of anilines is 1. The Morgan fingerprint density at radius 1 is 1.03 bits per heavy atom. The van der Waals surface area contributed by atoms with E-state index in [0.29, 0.717) is 17.0 Å². The number of likely N-dealkylation sites (tertiary alicyclic amines) is 1. The highest BCUT2D eigenvalue weighted by molar-refractivity contribution is 6.35. The lowest BCUT2D eigenvalue weighted by atomic mass is 9.84. The van der Waals surface area contributed by atoms with Crippen LogP contribution in [0.3, 0.4) is 0 Å². The summed E-state index contributed by atoms with van der Waals surface area (Å²) in [7, 11) is 0. The number of hydrogen-bond acceptors (Lipinski definition) is 5. The molecule has 0 amide bonds. The van der Waals surface area contributed by atoms with Gasteiger partial charge >= 0.3 is 0 Å². The minimum atomic E-state index is -0.0669. The first-order chi connectivity index (χ1) is 15.4. The van der Waals surface area contributed by atoms with Crippen LogP contribution in [-0.2, 0) is 0 Å². The molecular formula is C24H28Cl2N6. The van der Waals surface area contributed by atoms with E-state index in [1.807, 2.05) is 23.9 Å². The molecule has 5 heterocycles. The smallest absolute Gasteiger partial charge is 0.179 e. The van der Waals surface area contributed by atoms with Gasteiger partial charge in [-0.25, -0.2) is 14.6 Å². The van der Waals surface area contributed by atoms with Crippen molar-refractivity contribution in [2.75, 3.05) is 24.5 Å². The SMILES string of the molecule is Cc1nn2c3nc(cnc13)N1CC(C)C(N3CCCC3)C[C@@H]1c1cc(c(Cl)cc1Cl)[C@H]2C. The van der Waals surface area contributed by atoms with E-state index >= 15 is 0 Å². The number of fused-ring (bicyclic) bond motifs is 6. The van der Waals surface area contributed by atoms with Gasteiger partial charge in [0.25, 0.3) is 0 Å². The van der Waals surface area contributed by atoms with Crippen molar-refractivity contribution in [2.45, 2.75) is 58.2 Å². The zero-order valence-electron chi connectivity index (χ0n) is 18.7. The molecule has 3 aromatic rings. The predicted molar refractivity (Wildman–Crippen MR) is 129 cm³/mol. The molecule has 3 aliphatic heterocycles. The Hall–Kier alpha value is -1.89. The maximum Gasteiger partial charge on any atom is 0.179 e. The topological polar surface area (TPSA) is 50.1 Å². The summed E-state index contributed by atoms with van der Waals surface area (Å²) in [4.78, 5) is 15.0. The summed E-state index contributed by atoms with van der Waals surface area (Å²) in [5, 5.41) is 6.18. The number of benzene rings is 1. The summed E-state index contributed by atoms with van der Waals surface area (Å²) >= 11 is 13.6. The van der Waals surface area contributed by atoms with Crippen LogP contribution in [0.4, 0.5) is 5.82 Å². The molecule has 0 saturated carbocycles. The van der Waals surface area contributed by atoms with Crippen molar-refractivity contribution in [1.29, 1.82) is 0 Å². The molecule has 0 aliphatic carbocycles. The van der Waals surface area contributed by atoms with Gasteiger partial charge in [-0.3, -0.25) is 4.90 Å². The van der Waals surface area contributed by atoms with Crippen molar-refractivity contribution in [2.24, 2.45) is 5.92 Å². The second-order valence-electron chi connectivity index (χ2n) is 9.69. The van der Waals surface area contributed by atoms with Gasteiger partial charge in [-0.2, -0.15) is 5.10 Å². The molecule has 8 heteroatoms. The van der Waals surface area contributed by atoms with Gasteiger partial charge in [0.1, 0.15) is 11.3 Å². The first-order valence-corrected chi connectivity index (χ1v) is 12.4. The number of hydrogen-bond donors (Lipinski definition) is 0. The van der Waals surface area contributed by atoms with Crippen LogP contribution < -0.4 is 4.90 Å². The minimum absolute atomic E-state index is 0.0669. The maximum absolute atomic E-state index is 6.85. The first-order valence-electron chi connectivity index (χ1n) is 11.6. The van der Waals surface area contributed by atoms with Gasteiger partial charge in [-0.1, -0.05) is 30.1 Å². The highest BCUT2D eigenvalue weighted by Gasteiger charge is 2.40. The Bertz CT molecular complexity index is 1200. The second kappa shape index (κ2) is 7.57. The Kier molecular flexibility index (Phi) is 4.90. The summed E-state index contributed by atoms with van der Waals surface area (Å²) < 4.78 is 1.96. The monoisotopic (exact) mass is 470 g/mol. The number of rotatable bonds is 1. The van der Waals surface area contributed by atoms with E-state index in [4.69, 9.17) is 38.3 Å². The molecule has 1 aromatic carbocycles. The minimum Gasteiger partial charge on any atom is -0.348 e. The highest BCUT2D eigenvalue weighted by Crippen LogP contribution is 2.44. The predicted octanol–water partition coefficient (Wildman–Crippen LogP) is 5.42. The summed E-state index contributed by atoms with van der Waals surface area (Å²) in [5.41, 5.74) is 4.70. The molecule has 2 unspecified atom stereocenters. The molecule has 168 valence electrons. The van der Waals surface area contributed by atoms with E-state index in [9.17, 15) is 0 Å². The van der Waals surface area contributed by atoms with Gasteiger partial charge in [-0.05, 0) is 75.4 Å².